The van der Waals surface area contributed by atoms with Crippen LogP contribution in [0.15, 0.2) is 24.3 Å². The molecule has 0 saturated heterocycles. The van der Waals surface area contributed by atoms with Gasteiger partial charge in [-0.15, -0.1) is 0 Å². The first-order valence-electron chi connectivity index (χ1n) is 7.62. The number of hydrogen-bond acceptors (Lipinski definition) is 1. The van der Waals surface area contributed by atoms with Gasteiger partial charge < -0.3 is 5.32 Å². The van der Waals surface area contributed by atoms with Crippen molar-refractivity contribution in [3.8, 4) is 0 Å². The molecule has 0 aliphatic carbocycles. The summed E-state index contributed by atoms with van der Waals surface area (Å²) in [5, 5.41) is 4.50. The van der Waals surface area contributed by atoms with Gasteiger partial charge in [-0.1, -0.05) is 56.3 Å². The maximum absolute atomic E-state index is 5.90. The molecule has 1 N–H and O–H groups in total. The van der Waals surface area contributed by atoms with Gasteiger partial charge in [0.1, 0.15) is 0 Å². The van der Waals surface area contributed by atoms with E-state index < -0.39 is 0 Å². The Morgan fingerprint density at radius 3 is 2.32 bits per heavy atom. The fourth-order valence-electron chi connectivity index (χ4n) is 2.48. The zero-order chi connectivity index (χ0) is 14.1. The maximum Gasteiger partial charge on any atom is 0.0406 e. The van der Waals surface area contributed by atoms with Crippen molar-refractivity contribution >= 4 is 11.6 Å². The third-order valence-electron chi connectivity index (χ3n) is 3.51. The van der Waals surface area contributed by atoms with Crippen molar-refractivity contribution in [1.82, 2.24) is 5.32 Å². The van der Waals surface area contributed by atoms with E-state index in [0.29, 0.717) is 12.1 Å². The highest BCUT2D eigenvalue weighted by molar-refractivity contribution is 6.30. The third-order valence-corrected chi connectivity index (χ3v) is 3.77. The van der Waals surface area contributed by atoms with Crippen molar-refractivity contribution in [2.45, 2.75) is 71.4 Å². The lowest BCUT2D eigenvalue weighted by Gasteiger charge is -2.20. The lowest BCUT2D eigenvalue weighted by molar-refractivity contribution is 0.428. The van der Waals surface area contributed by atoms with E-state index in [2.05, 4.69) is 38.2 Å². The van der Waals surface area contributed by atoms with Gasteiger partial charge in [0.2, 0.25) is 0 Å². The second-order valence-corrected chi connectivity index (χ2v) is 6.09. The highest BCUT2D eigenvalue weighted by Crippen LogP contribution is 2.12. The Kier molecular flexibility index (Phi) is 8.16. The summed E-state index contributed by atoms with van der Waals surface area (Å²) in [6.07, 6.45) is 7.74. The van der Waals surface area contributed by atoms with E-state index in [-0.39, 0.29) is 0 Å². The molecule has 108 valence electrons. The van der Waals surface area contributed by atoms with Crippen molar-refractivity contribution in [3.05, 3.63) is 34.9 Å². The van der Waals surface area contributed by atoms with Crippen LogP contribution in [0, 0.1) is 0 Å². The molecule has 1 aromatic carbocycles. The van der Waals surface area contributed by atoms with E-state index >= 15 is 0 Å². The van der Waals surface area contributed by atoms with Gasteiger partial charge in [-0.25, -0.2) is 0 Å². The first-order valence-corrected chi connectivity index (χ1v) is 8.00. The van der Waals surface area contributed by atoms with Crippen LogP contribution in [0.2, 0.25) is 5.02 Å². The second-order valence-electron chi connectivity index (χ2n) is 5.65. The molecule has 1 rings (SSSR count). The van der Waals surface area contributed by atoms with Gasteiger partial charge in [0.15, 0.2) is 0 Å². The maximum atomic E-state index is 5.90. The number of rotatable bonds is 9. The number of benzene rings is 1. The largest absolute Gasteiger partial charge is 0.311 e. The smallest absolute Gasteiger partial charge is 0.0406 e. The third kappa shape index (κ3) is 7.59. The van der Waals surface area contributed by atoms with Gasteiger partial charge in [-0.3, -0.25) is 0 Å². The molecular weight excluding hydrogens is 254 g/mol. The minimum absolute atomic E-state index is 0.516. The molecule has 0 amide bonds. The quantitative estimate of drug-likeness (QED) is 0.612. The Bertz CT molecular complexity index is 334. The van der Waals surface area contributed by atoms with Gasteiger partial charge in [-0.2, -0.15) is 0 Å². The predicted octanol–water partition coefficient (Wildman–Crippen LogP) is 5.22. The van der Waals surface area contributed by atoms with Crippen LogP contribution in [-0.4, -0.2) is 12.1 Å². The molecule has 2 unspecified atom stereocenters. The summed E-state index contributed by atoms with van der Waals surface area (Å²) in [6.45, 7) is 6.82. The lowest BCUT2D eigenvalue weighted by Crippen LogP contribution is -2.35. The first-order chi connectivity index (χ1) is 9.11. The molecule has 0 fully saturated rings. The number of nitrogens with one attached hydrogen (secondary N) is 1. The van der Waals surface area contributed by atoms with E-state index in [0.717, 1.165) is 11.4 Å². The summed E-state index contributed by atoms with van der Waals surface area (Å²) < 4.78 is 0. The van der Waals surface area contributed by atoms with Crippen molar-refractivity contribution < 1.29 is 0 Å². The van der Waals surface area contributed by atoms with Crippen LogP contribution in [0.4, 0.5) is 0 Å². The van der Waals surface area contributed by atoms with E-state index in [1.807, 2.05) is 12.1 Å². The topological polar surface area (TPSA) is 12.0 Å². The van der Waals surface area contributed by atoms with Crippen LogP contribution in [0.3, 0.4) is 0 Å². The summed E-state index contributed by atoms with van der Waals surface area (Å²) in [4.78, 5) is 0. The summed E-state index contributed by atoms with van der Waals surface area (Å²) in [7, 11) is 0. The van der Waals surface area contributed by atoms with Crippen molar-refractivity contribution in [1.29, 1.82) is 0 Å². The lowest BCUT2D eigenvalue weighted by atomic mass is 10.0. The monoisotopic (exact) mass is 281 g/mol. The highest BCUT2D eigenvalue weighted by Gasteiger charge is 2.08. The molecule has 0 aromatic heterocycles. The van der Waals surface area contributed by atoms with Gasteiger partial charge >= 0.3 is 0 Å². The van der Waals surface area contributed by atoms with Crippen LogP contribution in [0.25, 0.3) is 0 Å². The zero-order valence-electron chi connectivity index (χ0n) is 12.6. The van der Waals surface area contributed by atoms with Crippen LogP contribution in [0.1, 0.15) is 58.4 Å². The predicted molar refractivity (Wildman–Crippen MR) is 86.0 cm³/mol. The van der Waals surface area contributed by atoms with Crippen LogP contribution < -0.4 is 5.32 Å². The Morgan fingerprint density at radius 2 is 1.68 bits per heavy atom. The van der Waals surface area contributed by atoms with Crippen molar-refractivity contribution in [2.75, 3.05) is 0 Å². The summed E-state index contributed by atoms with van der Waals surface area (Å²) in [6, 6.07) is 9.30. The number of halogens is 1. The van der Waals surface area contributed by atoms with Crippen molar-refractivity contribution in [2.24, 2.45) is 0 Å². The van der Waals surface area contributed by atoms with E-state index in [1.54, 1.807) is 0 Å². The molecule has 0 heterocycles. The average molecular weight is 282 g/mol. The Labute approximate surface area is 123 Å². The Balaban J connectivity index is 2.22. The average Bonchev–Trinajstić information content (AvgIpc) is 2.37. The van der Waals surface area contributed by atoms with E-state index in [1.165, 1.54) is 37.7 Å². The first kappa shape index (κ1) is 16.5. The normalized spacial score (nSPS) is 14.3. The van der Waals surface area contributed by atoms with Gasteiger partial charge in [-0.05, 0) is 44.4 Å². The highest BCUT2D eigenvalue weighted by atomic mass is 35.5. The summed E-state index contributed by atoms with van der Waals surface area (Å²) >= 11 is 5.90. The molecule has 1 aromatic rings. The second kappa shape index (κ2) is 9.39. The van der Waals surface area contributed by atoms with Gasteiger partial charge in [0.05, 0.1) is 0 Å². The van der Waals surface area contributed by atoms with Gasteiger partial charge in [0.25, 0.3) is 0 Å². The summed E-state index contributed by atoms with van der Waals surface area (Å²) in [5.41, 5.74) is 1.35. The van der Waals surface area contributed by atoms with Crippen LogP contribution in [-0.2, 0) is 6.42 Å². The van der Waals surface area contributed by atoms with Crippen LogP contribution >= 0.6 is 11.6 Å². The zero-order valence-corrected chi connectivity index (χ0v) is 13.3. The van der Waals surface area contributed by atoms with Crippen molar-refractivity contribution in [3.63, 3.8) is 0 Å². The van der Waals surface area contributed by atoms with Crippen LogP contribution in [0.5, 0.6) is 0 Å². The number of hydrogen-bond donors (Lipinski definition) is 1. The SMILES string of the molecule is CCCCCCC(C)NC(C)Cc1ccc(Cl)cc1. The molecular formula is C17H28ClN. The van der Waals surface area contributed by atoms with Gasteiger partial charge in [0, 0.05) is 17.1 Å². The number of unbranched alkanes of at least 4 members (excludes halogenated alkanes) is 3. The minimum Gasteiger partial charge on any atom is -0.311 e. The standard InChI is InChI=1S/C17H28ClN/c1-4-5-6-7-8-14(2)19-15(3)13-16-9-11-17(18)12-10-16/h9-12,14-15,19H,4-8,13H2,1-3H3. The fraction of sp³-hybridized carbons (Fsp3) is 0.647. The molecule has 0 aliphatic rings. The molecule has 0 bridgehead atoms. The molecule has 2 atom stereocenters. The minimum atomic E-state index is 0.516. The van der Waals surface area contributed by atoms with E-state index in [4.69, 9.17) is 11.6 Å². The molecule has 0 saturated carbocycles. The summed E-state index contributed by atoms with van der Waals surface area (Å²) in [5.74, 6) is 0. The fourth-order valence-corrected chi connectivity index (χ4v) is 2.61. The molecule has 19 heavy (non-hydrogen) atoms. The molecule has 1 nitrogen and oxygen atoms in total. The van der Waals surface area contributed by atoms with E-state index in [9.17, 15) is 0 Å². The Morgan fingerprint density at radius 1 is 1.00 bits per heavy atom. The molecule has 0 aliphatic heterocycles. The molecule has 0 radical (unpaired) electrons. The molecule has 2 heteroatoms. The molecule has 0 spiro atoms. The Hall–Kier alpha value is -0.530.